The summed E-state index contributed by atoms with van der Waals surface area (Å²) < 4.78 is 11.9. The Hall–Kier alpha value is -2.71. The van der Waals surface area contributed by atoms with E-state index < -0.39 is 0 Å². The summed E-state index contributed by atoms with van der Waals surface area (Å²) in [4.78, 5) is 29.8. The number of nitrogens with one attached hydrogen (secondary N) is 2. The highest BCUT2D eigenvalue weighted by Gasteiger charge is 2.19. The van der Waals surface area contributed by atoms with Crippen molar-refractivity contribution in [3.8, 4) is 0 Å². The van der Waals surface area contributed by atoms with E-state index in [4.69, 9.17) is 20.9 Å². The van der Waals surface area contributed by atoms with Crippen LogP contribution in [0.4, 0.5) is 0 Å². The first-order valence-electron chi connectivity index (χ1n) is 24.4. The molecule has 1 amide bonds. The molecule has 58 heavy (non-hydrogen) atoms. The average Bonchev–Trinajstić information content (AvgIpc) is 3.20. The molecule has 0 spiro atoms. The summed E-state index contributed by atoms with van der Waals surface area (Å²) in [5, 5.41) is 6.58. The van der Waals surface area contributed by atoms with Crippen molar-refractivity contribution in [2.24, 2.45) is 28.3 Å². The second-order valence-electron chi connectivity index (χ2n) is 16.9. The number of guanidine groups is 1. The van der Waals surface area contributed by atoms with Crippen molar-refractivity contribution in [1.82, 2.24) is 10.6 Å². The number of allylic oxidation sites excluding steroid dienone is 1. The first kappa shape index (κ1) is 55.3. The van der Waals surface area contributed by atoms with E-state index in [2.05, 4.69) is 56.5 Å². The average molecular weight is 818 g/mol. The molecule has 0 heterocycles. The molecule has 0 saturated carbocycles. The van der Waals surface area contributed by atoms with E-state index in [9.17, 15) is 9.59 Å². The number of hydrogen-bond acceptors (Lipinski definition) is 6. The number of amides is 1. The molecule has 340 valence electrons. The molecule has 0 aromatic carbocycles. The predicted octanol–water partition coefficient (Wildman–Crippen LogP) is 12.3. The molecule has 0 aliphatic rings. The molecule has 0 radical (unpaired) electrons. The van der Waals surface area contributed by atoms with E-state index in [0.29, 0.717) is 31.9 Å². The minimum absolute atomic E-state index is 0.00481. The second-order valence-corrected chi connectivity index (χ2v) is 16.9. The zero-order valence-corrected chi connectivity index (χ0v) is 38.6. The summed E-state index contributed by atoms with van der Waals surface area (Å²) in [5.74, 6) is 1.61. The van der Waals surface area contributed by atoms with Gasteiger partial charge in [-0.05, 0) is 64.2 Å². The molecular weight excluding hydrogens is 723 g/mol. The lowest BCUT2D eigenvalue weighted by Gasteiger charge is -2.22. The molecule has 0 bridgehead atoms. The number of nitrogens with two attached hydrogens (primary N) is 2. The fraction of sp³-hybridized carbons (Fsp3) is 0.857. The Labute approximate surface area is 358 Å². The summed E-state index contributed by atoms with van der Waals surface area (Å²) in [6, 6.07) is -0.251. The molecule has 0 aliphatic heterocycles. The Morgan fingerprint density at radius 3 is 1.60 bits per heavy atom. The lowest BCUT2D eigenvalue weighted by molar-refractivity contribution is -0.149. The highest BCUT2D eigenvalue weighted by molar-refractivity contribution is 5.77. The van der Waals surface area contributed by atoms with Crippen LogP contribution in [0.25, 0.3) is 0 Å². The molecule has 0 fully saturated rings. The predicted molar refractivity (Wildman–Crippen MR) is 249 cm³/mol. The summed E-state index contributed by atoms with van der Waals surface area (Å²) in [7, 11) is 0. The van der Waals surface area contributed by atoms with E-state index in [1.807, 2.05) is 0 Å². The number of carbonyl (C=O) groups is 2. The Morgan fingerprint density at radius 1 is 0.552 bits per heavy atom. The van der Waals surface area contributed by atoms with Crippen LogP contribution in [0.2, 0.25) is 0 Å². The first-order valence-corrected chi connectivity index (χ1v) is 24.4. The maximum atomic E-state index is 12.9. The summed E-state index contributed by atoms with van der Waals surface area (Å²) in [6.07, 6.45) is 34.4. The van der Waals surface area contributed by atoms with Crippen LogP contribution < -0.4 is 22.1 Å². The van der Waals surface area contributed by atoms with Crippen LogP contribution in [0, 0.1) is 11.8 Å². The SMILES string of the molecule is C=C(OCCCCCCCC(=O)NC(CCN=C(N)N)C(=C)NCCCCCCOC(=O)C(CCCC)CCCCCC)C(CCCCCC)CCCCCCCC. The highest BCUT2D eigenvalue weighted by atomic mass is 16.5. The molecule has 0 rings (SSSR count). The van der Waals surface area contributed by atoms with Crippen LogP contribution in [0.1, 0.15) is 227 Å². The Morgan fingerprint density at radius 2 is 1.02 bits per heavy atom. The van der Waals surface area contributed by atoms with Crippen LogP contribution in [0.3, 0.4) is 0 Å². The van der Waals surface area contributed by atoms with Gasteiger partial charge in [0, 0.05) is 31.1 Å². The Kier molecular flexibility index (Phi) is 39.1. The molecule has 3 atom stereocenters. The van der Waals surface area contributed by atoms with Crippen LogP contribution in [-0.2, 0) is 19.1 Å². The largest absolute Gasteiger partial charge is 0.498 e. The number of unbranched alkanes of at least 4 members (excludes halogenated alkanes) is 19. The third-order valence-electron chi connectivity index (χ3n) is 11.4. The molecular formula is C49H95N5O4. The van der Waals surface area contributed by atoms with Gasteiger partial charge in [-0.2, -0.15) is 0 Å². The number of carbonyl (C=O) groups excluding carboxylic acids is 2. The number of ether oxygens (including phenoxy) is 2. The van der Waals surface area contributed by atoms with E-state index >= 15 is 0 Å². The quantitative estimate of drug-likeness (QED) is 0.0158. The van der Waals surface area contributed by atoms with Gasteiger partial charge in [0.25, 0.3) is 0 Å². The standard InChI is InChI=1S/C49H95N5O4/c1-7-11-15-18-20-27-34-44(33-25-16-12-8-2)43(6)57-40-30-23-19-21-28-36-47(55)54-46(37-39-53-49(50)51)42(5)52-38-29-22-24-31-41-58-48(56)45(32-14-10-4)35-26-17-13-9-3/h44-46,52H,5-41H2,1-4H3,(H,54,55)(H4,50,51,53). The molecule has 0 aromatic heterocycles. The van der Waals surface area contributed by atoms with Gasteiger partial charge in [-0.15, -0.1) is 0 Å². The first-order chi connectivity index (χ1) is 28.2. The topological polar surface area (TPSA) is 141 Å². The maximum Gasteiger partial charge on any atom is 0.308 e. The molecule has 0 saturated heterocycles. The number of esters is 1. The minimum atomic E-state index is -0.251. The number of aliphatic imine (C=N–C) groups is 1. The Bertz CT molecular complexity index is 1030. The molecule has 0 aliphatic carbocycles. The molecule has 3 unspecified atom stereocenters. The van der Waals surface area contributed by atoms with Crippen molar-refractivity contribution in [1.29, 1.82) is 0 Å². The van der Waals surface area contributed by atoms with Crippen molar-refractivity contribution in [3.63, 3.8) is 0 Å². The van der Waals surface area contributed by atoms with Gasteiger partial charge in [0.15, 0.2) is 5.96 Å². The lowest BCUT2D eigenvalue weighted by Crippen LogP contribution is -2.40. The van der Waals surface area contributed by atoms with Gasteiger partial charge in [0.2, 0.25) is 5.91 Å². The number of rotatable bonds is 44. The van der Waals surface area contributed by atoms with Gasteiger partial charge in [-0.1, -0.05) is 169 Å². The van der Waals surface area contributed by atoms with Crippen LogP contribution in [0.5, 0.6) is 0 Å². The zero-order chi connectivity index (χ0) is 42.9. The van der Waals surface area contributed by atoms with Crippen LogP contribution >= 0.6 is 0 Å². The minimum Gasteiger partial charge on any atom is -0.498 e. The zero-order valence-electron chi connectivity index (χ0n) is 38.6. The fourth-order valence-electron chi connectivity index (χ4n) is 7.51. The summed E-state index contributed by atoms with van der Waals surface area (Å²) in [6.45, 7) is 19.9. The van der Waals surface area contributed by atoms with E-state index in [1.165, 1.54) is 96.3 Å². The van der Waals surface area contributed by atoms with E-state index in [1.54, 1.807) is 0 Å². The van der Waals surface area contributed by atoms with Crippen molar-refractivity contribution < 1.29 is 19.1 Å². The molecule has 0 aromatic rings. The lowest BCUT2D eigenvalue weighted by atomic mass is 9.93. The Balaban J connectivity index is 4.43. The summed E-state index contributed by atoms with van der Waals surface area (Å²) in [5.41, 5.74) is 11.9. The van der Waals surface area contributed by atoms with Crippen LogP contribution in [-0.4, -0.2) is 50.2 Å². The highest BCUT2D eigenvalue weighted by Crippen LogP contribution is 2.26. The van der Waals surface area contributed by atoms with Crippen LogP contribution in [0.15, 0.2) is 29.6 Å². The number of hydrogen-bond donors (Lipinski definition) is 4. The molecule has 9 nitrogen and oxygen atoms in total. The van der Waals surface area contributed by atoms with Crippen molar-refractivity contribution in [2.75, 3.05) is 26.3 Å². The van der Waals surface area contributed by atoms with Crippen molar-refractivity contribution in [3.05, 3.63) is 24.6 Å². The van der Waals surface area contributed by atoms with Gasteiger partial charge in [0.1, 0.15) is 0 Å². The van der Waals surface area contributed by atoms with Gasteiger partial charge >= 0.3 is 5.97 Å². The van der Waals surface area contributed by atoms with Crippen molar-refractivity contribution >= 4 is 17.8 Å². The van der Waals surface area contributed by atoms with Gasteiger partial charge < -0.3 is 31.6 Å². The smallest absolute Gasteiger partial charge is 0.308 e. The van der Waals surface area contributed by atoms with Gasteiger partial charge in [-0.25, -0.2) is 0 Å². The van der Waals surface area contributed by atoms with E-state index in [0.717, 1.165) is 114 Å². The fourth-order valence-corrected chi connectivity index (χ4v) is 7.51. The molecule has 6 N–H and O–H groups in total. The maximum absolute atomic E-state index is 12.9. The number of nitrogens with zero attached hydrogens (tertiary/aromatic N) is 1. The summed E-state index contributed by atoms with van der Waals surface area (Å²) >= 11 is 0. The third kappa shape index (κ3) is 34.2. The van der Waals surface area contributed by atoms with E-state index in [-0.39, 0.29) is 29.8 Å². The third-order valence-corrected chi connectivity index (χ3v) is 11.4. The normalized spacial score (nSPS) is 12.7. The monoisotopic (exact) mass is 818 g/mol. The van der Waals surface area contributed by atoms with Gasteiger partial charge in [-0.3, -0.25) is 14.6 Å². The van der Waals surface area contributed by atoms with Gasteiger partial charge in [0.05, 0.1) is 30.9 Å². The van der Waals surface area contributed by atoms with Crippen molar-refractivity contribution in [2.45, 2.75) is 233 Å². The second kappa shape index (κ2) is 41.0. The molecule has 9 heteroatoms.